The molecule has 0 spiro atoms. The first-order valence-electron chi connectivity index (χ1n) is 4.71. The number of rotatable bonds is 1. The van der Waals surface area contributed by atoms with Gasteiger partial charge in [-0.15, -0.1) is 0 Å². The first-order valence-corrected chi connectivity index (χ1v) is 5.47. The van der Waals surface area contributed by atoms with Crippen molar-refractivity contribution >= 4 is 34.1 Å². The summed E-state index contributed by atoms with van der Waals surface area (Å²) >= 11 is 11.3. The molecule has 0 amide bonds. The summed E-state index contributed by atoms with van der Waals surface area (Å²) in [6.07, 6.45) is -5.80. The zero-order valence-electron chi connectivity index (χ0n) is 8.77. The molecule has 2 rings (SSSR count). The molecular formula is C10H3Cl2F5N2. The fraction of sp³-hybridized carbons (Fsp3) is 0.200. The maximum absolute atomic E-state index is 13.1. The van der Waals surface area contributed by atoms with Crippen LogP contribution >= 0.6 is 23.2 Å². The van der Waals surface area contributed by atoms with Crippen molar-refractivity contribution in [1.82, 2.24) is 9.97 Å². The molecule has 1 heterocycles. The average Bonchev–Trinajstić information content (AvgIpc) is 2.26. The predicted octanol–water partition coefficient (Wildman–Crippen LogP) is 4.59. The number of hydrogen-bond acceptors (Lipinski definition) is 2. The third-order valence-electron chi connectivity index (χ3n) is 2.27. The van der Waals surface area contributed by atoms with Crippen molar-refractivity contribution in [1.29, 1.82) is 0 Å². The van der Waals surface area contributed by atoms with Gasteiger partial charge in [0.1, 0.15) is 5.15 Å². The lowest BCUT2D eigenvalue weighted by atomic mass is 10.2. The Morgan fingerprint density at radius 2 is 1.58 bits per heavy atom. The summed E-state index contributed by atoms with van der Waals surface area (Å²) in [5.74, 6) is -6.90. The molecule has 0 bridgehead atoms. The van der Waals surface area contributed by atoms with Gasteiger partial charge in [-0.1, -0.05) is 29.3 Å². The van der Waals surface area contributed by atoms with Crippen molar-refractivity contribution in [3.8, 4) is 0 Å². The Balaban J connectivity index is 2.72. The van der Waals surface area contributed by atoms with Gasteiger partial charge in [-0.05, 0) is 12.1 Å². The molecule has 2 aromatic rings. The molecule has 0 fully saturated rings. The minimum atomic E-state index is -5.80. The Bertz CT molecular complexity index is 642. The summed E-state index contributed by atoms with van der Waals surface area (Å²) in [6, 6.07) is 3.95. The van der Waals surface area contributed by atoms with E-state index < -0.39 is 23.1 Å². The summed E-state index contributed by atoms with van der Waals surface area (Å²) in [4.78, 5) is 6.19. The molecule has 1 aromatic heterocycles. The molecule has 0 unspecified atom stereocenters. The monoisotopic (exact) mass is 316 g/mol. The van der Waals surface area contributed by atoms with Gasteiger partial charge in [-0.2, -0.15) is 22.0 Å². The number of nitrogens with zero attached hydrogens (tertiary/aromatic N) is 2. The van der Waals surface area contributed by atoms with E-state index in [1.807, 2.05) is 0 Å². The fourth-order valence-electron chi connectivity index (χ4n) is 1.37. The Labute approximate surface area is 113 Å². The number of hydrogen-bond donors (Lipinski definition) is 0. The maximum atomic E-state index is 13.1. The zero-order valence-corrected chi connectivity index (χ0v) is 10.3. The van der Waals surface area contributed by atoms with E-state index in [1.165, 1.54) is 18.2 Å². The third kappa shape index (κ3) is 2.32. The first kappa shape index (κ1) is 14.2. The molecule has 0 aliphatic carbocycles. The standard InChI is InChI=1S/C10H3Cl2F5N2/c11-4-2-1-3-5-6(4)7(12)19-8(18-5)9(13,14)10(15,16)17/h1-3H. The van der Waals surface area contributed by atoms with Gasteiger partial charge in [0.25, 0.3) is 0 Å². The third-order valence-corrected chi connectivity index (χ3v) is 2.85. The van der Waals surface area contributed by atoms with Gasteiger partial charge in [-0.25, -0.2) is 9.97 Å². The summed E-state index contributed by atoms with van der Waals surface area (Å²) in [6.45, 7) is 0. The summed E-state index contributed by atoms with van der Waals surface area (Å²) in [7, 11) is 0. The van der Waals surface area contributed by atoms with Gasteiger partial charge in [0.2, 0.25) is 5.82 Å². The number of aromatic nitrogens is 2. The highest BCUT2D eigenvalue weighted by molar-refractivity contribution is 6.41. The van der Waals surface area contributed by atoms with E-state index in [4.69, 9.17) is 23.2 Å². The molecule has 9 heteroatoms. The van der Waals surface area contributed by atoms with Crippen LogP contribution in [0.2, 0.25) is 10.2 Å². The van der Waals surface area contributed by atoms with Crippen LogP contribution in [-0.2, 0) is 5.92 Å². The van der Waals surface area contributed by atoms with Crippen LogP contribution < -0.4 is 0 Å². The van der Waals surface area contributed by atoms with Crippen molar-refractivity contribution in [2.24, 2.45) is 0 Å². The first-order chi connectivity index (χ1) is 8.64. The van der Waals surface area contributed by atoms with E-state index in [-0.39, 0.29) is 15.9 Å². The van der Waals surface area contributed by atoms with Crippen molar-refractivity contribution in [3.05, 3.63) is 34.2 Å². The molecule has 2 nitrogen and oxygen atoms in total. The van der Waals surface area contributed by atoms with Crippen LogP contribution in [0.4, 0.5) is 22.0 Å². The van der Waals surface area contributed by atoms with Crippen LogP contribution in [0, 0.1) is 0 Å². The minimum Gasteiger partial charge on any atom is -0.227 e. The van der Waals surface area contributed by atoms with Crippen LogP contribution in [0.25, 0.3) is 10.9 Å². The Morgan fingerprint density at radius 3 is 2.16 bits per heavy atom. The lowest BCUT2D eigenvalue weighted by Crippen LogP contribution is -2.35. The van der Waals surface area contributed by atoms with Gasteiger partial charge in [0, 0.05) is 0 Å². The van der Waals surface area contributed by atoms with E-state index >= 15 is 0 Å². The van der Waals surface area contributed by atoms with E-state index in [1.54, 1.807) is 0 Å². The van der Waals surface area contributed by atoms with Gasteiger partial charge < -0.3 is 0 Å². The number of halogens is 7. The summed E-state index contributed by atoms with van der Waals surface area (Å²) in [5.41, 5.74) is -0.188. The van der Waals surface area contributed by atoms with Crippen LogP contribution in [-0.4, -0.2) is 16.1 Å². The van der Waals surface area contributed by atoms with E-state index in [9.17, 15) is 22.0 Å². The van der Waals surface area contributed by atoms with Crippen molar-refractivity contribution in [2.75, 3.05) is 0 Å². The number of benzene rings is 1. The molecule has 19 heavy (non-hydrogen) atoms. The second-order valence-electron chi connectivity index (χ2n) is 3.54. The van der Waals surface area contributed by atoms with Crippen LogP contribution in [0.15, 0.2) is 18.2 Å². The average molecular weight is 317 g/mol. The number of alkyl halides is 5. The smallest absolute Gasteiger partial charge is 0.227 e. The SMILES string of the molecule is FC(F)(F)C(F)(F)c1nc(Cl)c2c(Cl)cccc2n1. The lowest BCUT2D eigenvalue weighted by molar-refractivity contribution is -0.292. The predicted molar refractivity (Wildman–Crippen MR) is 59.5 cm³/mol. The highest BCUT2D eigenvalue weighted by Crippen LogP contribution is 2.43. The molecule has 0 aliphatic rings. The molecule has 0 radical (unpaired) electrons. The summed E-state index contributed by atoms with van der Waals surface area (Å²) < 4.78 is 63.0. The molecule has 0 saturated heterocycles. The largest absolute Gasteiger partial charge is 0.461 e. The Morgan fingerprint density at radius 1 is 0.947 bits per heavy atom. The van der Waals surface area contributed by atoms with Crippen LogP contribution in [0.5, 0.6) is 0 Å². The molecule has 0 N–H and O–H groups in total. The molecule has 0 atom stereocenters. The van der Waals surface area contributed by atoms with Gasteiger partial charge in [0.05, 0.1) is 15.9 Å². The molecular weight excluding hydrogens is 314 g/mol. The normalized spacial score (nSPS) is 13.0. The fourth-order valence-corrected chi connectivity index (χ4v) is 1.95. The Kier molecular flexibility index (Phi) is 3.30. The zero-order chi connectivity index (χ0) is 14.4. The summed E-state index contributed by atoms with van der Waals surface area (Å²) in [5, 5.41) is -0.480. The molecule has 0 saturated carbocycles. The highest BCUT2D eigenvalue weighted by atomic mass is 35.5. The second-order valence-corrected chi connectivity index (χ2v) is 4.31. The molecule has 0 aliphatic heterocycles. The minimum absolute atomic E-state index is 0.0209. The van der Waals surface area contributed by atoms with Crippen LogP contribution in [0.1, 0.15) is 5.82 Å². The van der Waals surface area contributed by atoms with E-state index in [0.29, 0.717) is 0 Å². The van der Waals surface area contributed by atoms with Crippen molar-refractivity contribution in [2.45, 2.75) is 12.1 Å². The number of fused-ring (bicyclic) bond motifs is 1. The lowest BCUT2D eigenvalue weighted by Gasteiger charge is -2.18. The topological polar surface area (TPSA) is 25.8 Å². The quantitative estimate of drug-likeness (QED) is 0.568. The van der Waals surface area contributed by atoms with Crippen molar-refractivity contribution < 1.29 is 22.0 Å². The van der Waals surface area contributed by atoms with Gasteiger partial charge in [0.15, 0.2) is 0 Å². The second kappa shape index (κ2) is 4.42. The van der Waals surface area contributed by atoms with Crippen LogP contribution in [0.3, 0.4) is 0 Å². The highest BCUT2D eigenvalue weighted by Gasteiger charge is 2.61. The van der Waals surface area contributed by atoms with E-state index in [0.717, 1.165) is 0 Å². The van der Waals surface area contributed by atoms with Gasteiger partial charge >= 0.3 is 12.1 Å². The van der Waals surface area contributed by atoms with Crippen molar-refractivity contribution in [3.63, 3.8) is 0 Å². The molecule has 102 valence electrons. The van der Waals surface area contributed by atoms with Gasteiger partial charge in [-0.3, -0.25) is 0 Å². The Hall–Kier alpha value is -1.21. The molecule has 1 aromatic carbocycles. The maximum Gasteiger partial charge on any atom is 0.461 e. The van der Waals surface area contributed by atoms with E-state index in [2.05, 4.69) is 9.97 Å².